The van der Waals surface area contributed by atoms with Gasteiger partial charge < -0.3 is 34.9 Å². The van der Waals surface area contributed by atoms with Crippen molar-refractivity contribution in [2.45, 2.75) is 65.6 Å². The van der Waals surface area contributed by atoms with Crippen molar-refractivity contribution in [3.8, 4) is 17.2 Å². The van der Waals surface area contributed by atoms with Crippen LogP contribution in [0.5, 0.6) is 17.2 Å². The zero-order valence-electron chi connectivity index (χ0n) is 23.6. The fraction of sp³-hybridized carbons (Fsp3) is 0.367. The fourth-order valence-corrected chi connectivity index (χ4v) is 4.59. The van der Waals surface area contributed by atoms with Crippen LogP contribution in [0.3, 0.4) is 0 Å². The zero-order valence-corrected chi connectivity index (χ0v) is 24.3. The minimum atomic E-state index is -1.13. The summed E-state index contributed by atoms with van der Waals surface area (Å²) in [5.74, 6) is -0.446. The minimum absolute atomic E-state index is 0.0332. The van der Waals surface area contributed by atoms with Crippen LogP contribution in [-0.2, 0) is 17.8 Å². The van der Waals surface area contributed by atoms with Crippen LogP contribution in [-0.4, -0.2) is 39.5 Å². The molecule has 11 heteroatoms. The summed E-state index contributed by atoms with van der Waals surface area (Å²) >= 11 is 6.44. The number of carbonyl (C=O) groups is 2. The van der Waals surface area contributed by atoms with Gasteiger partial charge in [-0.25, -0.2) is 4.79 Å². The van der Waals surface area contributed by atoms with E-state index >= 15 is 0 Å². The van der Waals surface area contributed by atoms with Crippen molar-refractivity contribution in [1.29, 1.82) is 0 Å². The second-order valence-corrected chi connectivity index (χ2v) is 10.1. The van der Waals surface area contributed by atoms with E-state index in [0.717, 1.165) is 0 Å². The van der Waals surface area contributed by atoms with E-state index in [1.807, 2.05) is 27.7 Å². The Hall–Kier alpha value is -4.18. The standard InChI is InChI=1S/C30H36ClN3O7/c1-5-9-20-16-34(17-22-23(31)12-8-13-25(22)40-6-2)29(38)27(28(20)37)33-30(39)32-24(15-26(35)36)19-10-7-11-21(14-19)41-18(3)4/h7-8,10-14,16,18,24,37H,5-6,9,15,17H2,1-4H3,(H,35,36)(H2,32,33,39)/t24-/m0/s1. The third-order valence-electron chi connectivity index (χ3n) is 6.11. The number of hydrogen-bond donors (Lipinski definition) is 4. The van der Waals surface area contributed by atoms with E-state index in [0.29, 0.717) is 52.7 Å². The van der Waals surface area contributed by atoms with Crippen molar-refractivity contribution in [1.82, 2.24) is 9.88 Å². The van der Waals surface area contributed by atoms with Gasteiger partial charge in [0.05, 0.1) is 31.7 Å². The largest absolute Gasteiger partial charge is 0.505 e. The van der Waals surface area contributed by atoms with E-state index in [4.69, 9.17) is 21.1 Å². The summed E-state index contributed by atoms with van der Waals surface area (Å²) < 4.78 is 12.7. The summed E-state index contributed by atoms with van der Waals surface area (Å²) in [5.41, 5.74) is 0.537. The molecule has 41 heavy (non-hydrogen) atoms. The fourth-order valence-electron chi connectivity index (χ4n) is 4.36. The molecule has 4 N–H and O–H groups in total. The van der Waals surface area contributed by atoms with Crippen molar-refractivity contribution >= 4 is 29.3 Å². The first-order chi connectivity index (χ1) is 19.5. The van der Waals surface area contributed by atoms with Gasteiger partial charge in [-0.05, 0) is 57.0 Å². The van der Waals surface area contributed by atoms with E-state index in [-0.39, 0.29) is 24.1 Å². The number of benzene rings is 2. The normalized spacial score (nSPS) is 11.7. The molecule has 0 fully saturated rings. The van der Waals surface area contributed by atoms with Crippen LogP contribution in [0.25, 0.3) is 0 Å². The number of nitrogens with zero attached hydrogens (tertiary/aromatic N) is 1. The van der Waals surface area contributed by atoms with Gasteiger partial charge >= 0.3 is 12.0 Å². The average molecular weight is 586 g/mol. The van der Waals surface area contributed by atoms with Crippen molar-refractivity contribution < 1.29 is 29.3 Å². The Labute approximate surface area is 243 Å². The molecular formula is C30H36ClN3O7. The molecule has 0 aliphatic heterocycles. The summed E-state index contributed by atoms with van der Waals surface area (Å²) in [4.78, 5) is 38.3. The highest BCUT2D eigenvalue weighted by atomic mass is 35.5. The first-order valence-corrected chi connectivity index (χ1v) is 13.8. The number of hydrogen-bond acceptors (Lipinski definition) is 6. The molecule has 1 heterocycles. The smallest absolute Gasteiger partial charge is 0.319 e. The number of carboxylic acid groups (broad SMARTS) is 1. The summed E-state index contributed by atoms with van der Waals surface area (Å²) in [5, 5.41) is 25.9. The number of aryl methyl sites for hydroxylation is 1. The lowest BCUT2D eigenvalue weighted by atomic mass is 10.0. The molecule has 2 amide bonds. The molecule has 0 saturated carbocycles. The van der Waals surface area contributed by atoms with E-state index in [1.54, 1.807) is 42.5 Å². The molecule has 0 saturated heterocycles. The number of anilines is 1. The van der Waals surface area contributed by atoms with Gasteiger partial charge in [-0.3, -0.25) is 9.59 Å². The molecule has 2 aromatic carbocycles. The van der Waals surface area contributed by atoms with Crippen molar-refractivity contribution in [2.24, 2.45) is 0 Å². The number of aliphatic carboxylic acids is 1. The molecule has 10 nitrogen and oxygen atoms in total. The van der Waals surface area contributed by atoms with Crippen molar-refractivity contribution in [2.75, 3.05) is 11.9 Å². The maximum Gasteiger partial charge on any atom is 0.319 e. The van der Waals surface area contributed by atoms with Crippen LogP contribution in [0.15, 0.2) is 53.5 Å². The van der Waals surface area contributed by atoms with Crippen LogP contribution >= 0.6 is 11.6 Å². The molecule has 0 bridgehead atoms. The molecule has 1 atom stereocenters. The Morgan fingerprint density at radius 1 is 1.12 bits per heavy atom. The van der Waals surface area contributed by atoms with Crippen LogP contribution in [0, 0.1) is 0 Å². The molecule has 1 aromatic heterocycles. The van der Waals surface area contributed by atoms with Crippen LogP contribution in [0.1, 0.15) is 63.3 Å². The lowest BCUT2D eigenvalue weighted by Crippen LogP contribution is -2.36. The second-order valence-electron chi connectivity index (χ2n) is 9.70. The topological polar surface area (TPSA) is 139 Å². The number of halogens is 1. The monoisotopic (exact) mass is 585 g/mol. The first-order valence-electron chi connectivity index (χ1n) is 13.4. The maximum atomic E-state index is 13.5. The van der Waals surface area contributed by atoms with Gasteiger partial charge in [0.25, 0.3) is 5.56 Å². The van der Waals surface area contributed by atoms with E-state index < -0.39 is 30.0 Å². The second kappa shape index (κ2) is 14.5. The van der Waals surface area contributed by atoms with Crippen LogP contribution < -0.4 is 25.7 Å². The Kier molecular flexibility index (Phi) is 11.0. The number of pyridine rings is 1. The maximum absolute atomic E-state index is 13.5. The lowest BCUT2D eigenvalue weighted by molar-refractivity contribution is -0.137. The highest BCUT2D eigenvalue weighted by Gasteiger charge is 2.23. The summed E-state index contributed by atoms with van der Waals surface area (Å²) in [6.07, 6.45) is 2.13. The third-order valence-corrected chi connectivity index (χ3v) is 6.46. The average Bonchev–Trinajstić information content (AvgIpc) is 2.90. The van der Waals surface area contributed by atoms with Crippen molar-refractivity contribution in [3.63, 3.8) is 0 Å². The van der Waals surface area contributed by atoms with E-state index in [9.17, 15) is 24.6 Å². The molecule has 0 aliphatic rings. The number of carbonyl (C=O) groups excluding carboxylic acids is 1. The molecule has 220 valence electrons. The molecule has 0 radical (unpaired) electrons. The van der Waals surface area contributed by atoms with Gasteiger partial charge in [0, 0.05) is 22.3 Å². The van der Waals surface area contributed by atoms with Crippen molar-refractivity contribution in [3.05, 3.63) is 80.7 Å². The van der Waals surface area contributed by atoms with Gasteiger partial charge in [-0.15, -0.1) is 0 Å². The molecule has 0 spiro atoms. The van der Waals surface area contributed by atoms with Gasteiger partial charge in [-0.2, -0.15) is 0 Å². The lowest BCUT2D eigenvalue weighted by Gasteiger charge is -2.20. The Balaban J connectivity index is 1.96. The van der Waals surface area contributed by atoms with Gasteiger partial charge in [0.2, 0.25) is 0 Å². The number of aromatic hydroxyl groups is 1. The van der Waals surface area contributed by atoms with E-state index in [2.05, 4.69) is 10.6 Å². The molecule has 0 unspecified atom stereocenters. The van der Waals surface area contributed by atoms with E-state index in [1.165, 1.54) is 10.8 Å². The third kappa shape index (κ3) is 8.40. The Morgan fingerprint density at radius 2 is 1.85 bits per heavy atom. The summed E-state index contributed by atoms with van der Waals surface area (Å²) in [6, 6.07) is 10.1. The predicted molar refractivity (Wildman–Crippen MR) is 157 cm³/mol. The number of carboxylic acids is 1. The quantitative estimate of drug-likeness (QED) is 0.201. The predicted octanol–water partition coefficient (Wildman–Crippen LogP) is 5.73. The summed E-state index contributed by atoms with van der Waals surface area (Å²) in [7, 11) is 0. The number of ether oxygens (including phenoxy) is 2. The Morgan fingerprint density at radius 3 is 2.51 bits per heavy atom. The van der Waals surface area contributed by atoms with Gasteiger partial charge in [0.15, 0.2) is 5.69 Å². The Bertz CT molecular complexity index is 1440. The molecule has 3 aromatic rings. The SMILES string of the molecule is CCCc1cn(Cc2c(Cl)cccc2OCC)c(=O)c(NC(=O)N[C@@H](CC(=O)O)c2cccc(OC(C)C)c2)c1O. The molecular weight excluding hydrogens is 550 g/mol. The number of rotatable bonds is 13. The zero-order chi connectivity index (χ0) is 30.1. The van der Waals surface area contributed by atoms with Gasteiger partial charge in [0.1, 0.15) is 17.2 Å². The summed E-state index contributed by atoms with van der Waals surface area (Å²) in [6.45, 7) is 7.91. The highest BCUT2D eigenvalue weighted by molar-refractivity contribution is 6.31. The van der Waals surface area contributed by atoms with Crippen LogP contribution in [0.4, 0.5) is 10.5 Å². The van der Waals surface area contributed by atoms with Crippen LogP contribution in [0.2, 0.25) is 5.02 Å². The number of aromatic nitrogens is 1. The molecule has 0 aliphatic carbocycles. The minimum Gasteiger partial charge on any atom is -0.505 e. The first kappa shape index (κ1) is 31.3. The molecule has 3 rings (SSSR count). The highest BCUT2D eigenvalue weighted by Crippen LogP contribution is 2.30. The number of nitrogens with one attached hydrogen (secondary N) is 2. The van der Waals surface area contributed by atoms with Gasteiger partial charge in [-0.1, -0.05) is 43.1 Å². The number of amides is 2. The number of urea groups is 1.